The summed E-state index contributed by atoms with van der Waals surface area (Å²) >= 11 is 0. The Morgan fingerprint density at radius 3 is 2.70 bits per heavy atom. The summed E-state index contributed by atoms with van der Waals surface area (Å²) in [5, 5.41) is 6.36. The second kappa shape index (κ2) is 7.72. The van der Waals surface area contributed by atoms with Crippen molar-refractivity contribution in [2.24, 2.45) is 0 Å². The maximum Gasteiger partial charge on any atom is 0.270 e. The van der Waals surface area contributed by atoms with Crippen molar-refractivity contribution in [3.8, 4) is 0 Å². The number of nitrogens with zero attached hydrogens (tertiary/aromatic N) is 2. The van der Waals surface area contributed by atoms with E-state index in [1.165, 1.54) is 19.3 Å². The zero-order valence-corrected chi connectivity index (χ0v) is 13.2. The van der Waals surface area contributed by atoms with E-state index in [0.29, 0.717) is 18.3 Å². The zero-order chi connectivity index (χ0) is 15.9. The molecule has 5 nitrogen and oxygen atoms in total. The number of pyridine rings is 2. The molecule has 2 aromatic rings. The Morgan fingerprint density at radius 2 is 2.00 bits per heavy atom. The van der Waals surface area contributed by atoms with Crippen molar-refractivity contribution < 1.29 is 4.79 Å². The maximum absolute atomic E-state index is 12.2. The molecule has 2 heterocycles. The highest BCUT2D eigenvalue weighted by Crippen LogP contribution is 2.18. The van der Waals surface area contributed by atoms with Gasteiger partial charge in [-0.15, -0.1) is 0 Å². The van der Waals surface area contributed by atoms with E-state index in [2.05, 4.69) is 20.6 Å². The summed E-state index contributed by atoms with van der Waals surface area (Å²) in [5.74, 6) is -0.0734. The van der Waals surface area contributed by atoms with Crippen molar-refractivity contribution in [2.45, 2.75) is 44.7 Å². The molecule has 0 aromatic carbocycles. The van der Waals surface area contributed by atoms with Crippen LogP contribution in [0, 0.1) is 0 Å². The number of aromatic nitrogens is 2. The first-order valence-corrected chi connectivity index (χ1v) is 8.21. The van der Waals surface area contributed by atoms with Gasteiger partial charge in [0.15, 0.2) is 0 Å². The van der Waals surface area contributed by atoms with Crippen molar-refractivity contribution in [3.05, 3.63) is 54.1 Å². The predicted molar refractivity (Wildman–Crippen MR) is 90.1 cm³/mol. The lowest BCUT2D eigenvalue weighted by molar-refractivity contribution is 0.0922. The van der Waals surface area contributed by atoms with Crippen LogP contribution in [0.1, 0.15) is 48.2 Å². The molecule has 0 bridgehead atoms. The molecule has 3 rings (SSSR count). The number of hydrogen-bond donors (Lipinski definition) is 2. The number of hydrogen-bond acceptors (Lipinski definition) is 4. The van der Waals surface area contributed by atoms with Crippen LogP contribution >= 0.6 is 0 Å². The Hall–Kier alpha value is -2.43. The third-order valence-electron chi connectivity index (χ3n) is 4.16. The van der Waals surface area contributed by atoms with Crippen LogP contribution < -0.4 is 10.6 Å². The van der Waals surface area contributed by atoms with Crippen LogP contribution in [0.2, 0.25) is 0 Å². The van der Waals surface area contributed by atoms with Gasteiger partial charge < -0.3 is 10.6 Å². The summed E-state index contributed by atoms with van der Waals surface area (Å²) in [5.41, 5.74) is 2.47. The van der Waals surface area contributed by atoms with Gasteiger partial charge in [-0.2, -0.15) is 0 Å². The molecule has 0 radical (unpaired) electrons. The lowest BCUT2D eigenvalue weighted by Crippen LogP contribution is -2.36. The minimum absolute atomic E-state index is 0.0734. The van der Waals surface area contributed by atoms with Crippen LogP contribution in [-0.4, -0.2) is 21.9 Å². The van der Waals surface area contributed by atoms with Gasteiger partial charge in [-0.25, -0.2) is 4.98 Å². The Morgan fingerprint density at radius 1 is 1.13 bits per heavy atom. The lowest BCUT2D eigenvalue weighted by Gasteiger charge is -2.22. The standard InChI is InChI=1S/C18H22N4O/c23-18(22-15-6-2-1-3-7-15)17-9-8-16(13-21-17)20-12-14-5-4-10-19-11-14/h4-5,8-11,13,15,20H,1-3,6-7,12H2,(H,22,23). The molecule has 120 valence electrons. The largest absolute Gasteiger partial charge is 0.380 e. The molecule has 0 aliphatic heterocycles. The van der Waals surface area contributed by atoms with Gasteiger partial charge in [0.05, 0.1) is 11.9 Å². The summed E-state index contributed by atoms with van der Waals surface area (Å²) < 4.78 is 0. The number of carbonyl (C=O) groups excluding carboxylic acids is 1. The van der Waals surface area contributed by atoms with Crippen LogP contribution in [0.5, 0.6) is 0 Å². The fourth-order valence-electron chi connectivity index (χ4n) is 2.85. The van der Waals surface area contributed by atoms with Crippen LogP contribution in [0.15, 0.2) is 42.9 Å². The molecule has 1 aliphatic carbocycles. The number of amides is 1. The molecule has 23 heavy (non-hydrogen) atoms. The fourth-order valence-corrected chi connectivity index (χ4v) is 2.85. The summed E-state index contributed by atoms with van der Waals surface area (Å²) in [4.78, 5) is 20.5. The molecule has 2 aromatic heterocycles. The Kier molecular flexibility index (Phi) is 5.19. The zero-order valence-electron chi connectivity index (χ0n) is 13.2. The second-order valence-electron chi connectivity index (χ2n) is 5.96. The van der Waals surface area contributed by atoms with Crippen molar-refractivity contribution in [3.63, 3.8) is 0 Å². The van der Waals surface area contributed by atoms with Gasteiger partial charge in [-0.1, -0.05) is 25.3 Å². The topological polar surface area (TPSA) is 66.9 Å². The minimum Gasteiger partial charge on any atom is -0.380 e. The molecule has 0 atom stereocenters. The number of carbonyl (C=O) groups is 1. The van der Waals surface area contributed by atoms with Gasteiger partial charge >= 0.3 is 0 Å². The van der Waals surface area contributed by atoms with E-state index in [1.807, 2.05) is 24.4 Å². The molecule has 5 heteroatoms. The van der Waals surface area contributed by atoms with Gasteiger partial charge in [-0.3, -0.25) is 9.78 Å². The molecule has 0 unspecified atom stereocenters. The first-order valence-electron chi connectivity index (χ1n) is 8.21. The molecule has 2 N–H and O–H groups in total. The smallest absolute Gasteiger partial charge is 0.270 e. The molecular weight excluding hydrogens is 288 g/mol. The van der Waals surface area contributed by atoms with E-state index in [-0.39, 0.29) is 5.91 Å². The van der Waals surface area contributed by atoms with Gasteiger partial charge in [0.25, 0.3) is 5.91 Å². The van der Waals surface area contributed by atoms with E-state index >= 15 is 0 Å². The van der Waals surface area contributed by atoms with E-state index in [9.17, 15) is 4.79 Å². The average molecular weight is 310 g/mol. The summed E-state index contributed by atoms with van der Waals surface area (Å²) in [6.45, 7) is 0.684. The van der Waals surface area contributed by atoms with Crippen LogP contribution in [-0.2, 0) is 6.54 Å². The predicted octanol–water partition coefficient (Wildman–Crippen LogP) is 3.15. The lowest BCUT2D eigenvalue weighted by atomic mass is 9.95. The van der Waals surface area contributed by atoms with Crippen LogP contribution in [0.4, 0.5) is 5.69 Å². The molecule has 1 amide bonds. The number of anilines is 1. The molecular formula is C18H22N4O. The van der Waals surface area contributed by atoms with Gasteiger partial charge in [0.2, 0.25) is 0 Å². The van der Waals surface area contributed by atoms with Crippen LogP contribution in [0.3, 0.4) is 0 Å². The second-order valence-corrected chi connectivity index (χ2v) is 5.96. The van der Waals surface area contributed by atoms with Crippen molar-refractivity contribution >= 4 is 11.6 Å². The summed E-state index contributed by atoms with van der Waals surface area (Å²) in [6.07, 6.45) is 11.1. The minimum atomic E-state index is -0.0734. The first kappa shape index (κ1) is 15.5. The van der Waals surface area contributed by atoms with Gasteiger partial charge in [0.1, 0.15) is 5.69 Å². The summed E-state index contributed by atoms with van der Waals surface area (Å²) in [6, 6.07) is 7.89. The third-order valence-corrected chi connectivity index (χ3v) is 4.16. The van der Waals surface area contributed by atoms with E-state index in [0.717, 1.165) is 24.1 Å². The highest BCUT2D eigenvalue weighted by atomic mass is 16.1. The highest BCUT2D eigenvalue weighted by molar-refractivity contribution is 5.92. The fraction of sp³-hybridized carbons (Fsp3) is 0.389. The van der Waals surface area contributed by atoms with E-state index in [1.54, 1.807) is 18.5 Å². The number of rotatable bonds is 5. The normalized spacial score (nSPS) is 15.1. The molecule has 1 fully saturated rings. The Balaban J connectivity index is 1.52. The molecule has 1 saturated carbocycles. The molecule has 1 aliphatic rings. The quantitative estimate of drug-likeness (QED) is 0.890. The maximum atomic E-state index is 12.2. The third kappa shape index (κ3) is 4.52. The van der Waals surface area contributed by atoms with Crippen molar-refractivity contribution in [1.82, 2.24) is 15.3 Å². The molecule has 0 spiro atoms. The Labute approximate surface area is 136 Å². The van der Waals surface area contributed by atoms with Crippen molar-refractivity contribution in [2.75, 3.05) is 5.32 Å². The Bertz CT molecular complexity index is 621. The van der Waals surface area contributed by atoms with E-state index in [4.69, 9.17) is 0 Å². The number of nitrogens with one attached hydrogen (secondary N) is 2. The SMILES string of the molecule is O=C(NC1CCCCC1)c1ccc(NCc2cccnc2)cn1. The van der Waals surface area contributed by atoms with Gasteiger partial charge in [0, 0.05) is 25.0 Å². The molecule has 0 saturated heterocycles. The van der Waals surface area contributed by atoms with E-state index < -0.39 is 0 Å². The van der Waals surface area contributed by atoms with Crippen LogP contribution in [0.25, 0.3) is 0 Å². The average Bonchev–Trinajstić information content (AvgIpc) is 2.62. The monoisotopic (exact) mass is 310 g/mol. The van der Waals surface area contributed by atoms with Gasteiger partial charge in [-0.05, 0) is 36.6 Å². The first-order chi connectivity index (χ1) is 11.3. The van der Waals surface area contributed by atoms with Crippen molar-refractivity contribution in [1.29, 1.82) is 0 Å². The summed E-state index contributed by atoms with van der Waals surface area (Å²) in [7, 11) is 0. The highest BCUT2D eigenvalue weighted by Gasteiger charge is 2.17.